The Labute approximate surface area is 99.0 Å². The molecule has 1 aromatic carbocycles. The summed E-state index contributed by atoms with van der Waals surface area (Å²) < 4.78 is 5.11. The highest BCUT2D eigenvalue weighted by molar-refractivity contribution is 8.08. The molecule has 0 N–H and O–H groups in total. The first-order valence-electron chi connectivity index (χ1n) is 4.97. The maximum absolute atomic E-state index is 10.6. The van der Waals surface area contributed by atoms with Crippen molar-refractivity contribution in [3.05, 3.63) is 47.6 Å². The topological polar surface area (TPSA) is 26.3 Å². The van der Waals surface area contributed by atoms with Gasteiger partial charge in [-0.05, 0) is 23.8 Å². The van der Waals surface area contributed by atoms with E-state index in [0.29, 0.717) is 0 Å². The molecule has 0 aromatic heterocycles. The van der Waals surface area contributed by atoms with E-state index in [1.807, 2.05) is 36.4 Å². The van der Waals surface area contributed by atoms with Crippen LogP contribution >= 0.6 is 11.8 Å². The molecule has 0 saturated carbocycles. The van der Waals surface area contributed by atoms with Crippen LogP contribution in [0.25, 0.3) is 4.91 Å². The lowest BCUT2D eigenvalue weighted by Gasteiger charge is -2.11. The van der Waals surface area contributed by atoms with Crippen molar-refractivity contribution in [2.45, 2.75) is 0 Å². The predicted molar refractivity (Wildman–Crippen MR) is 67.6 cm³/mol. The molecule has 0 atom stereocenters. The molecule has 1 heterocycles. The smallest absolute Gasteiger partial charge is 0.146 e. The van der Waals surface area contributed by atoms with Crippen molar-refractivity contribution in [1.29, 1.82) is 0 Å². The van der Waals surface area contributed by atoms with Gasteiger partial charge in [-0.2, -0.15) is 0 Å². The standard InChI is InChI=1S/C13H12O2S/c1-15-12-5-3-11(4-6-12)13-7-2-10(8-14)9-16-13/h2-8H,9H2,1H3. The molecule has 1 aliphatic heterocycles. The fourth-order valence-electron chi connectivity index (χ4n) is 1.45. The molecule has 1 aromatic rings. The number of carbonyl (C=O) groups excluding carboxylic acids is 1. The number of hydrogen-bond donors (Lipinski definition) is 0. The lowest BCUT2D eigenvalue weighted by atomic mass is 10.2. The first kappa shape index (κ1) is 11.0. The van der Waals surface area contributed by atoms with Crippen molar-refractivity contribution in [2.75, 3.05) is 12.9 Å². The van der Waals surface area contributed by atoms with E-state index in [1.54, 1.807) is 18.9 Å². The van der Waals surface area contributed by atoms with E-state index in [0.717, 1.165) is 28.9 Å². The molecular formula is C13H12O2S. The normalized spacial score (nSPS) is 15.1. The highest BCUT2D eigenvalue weighted by Crippen LogP contribution is 2.32. The molecular weight excluding hydrogens is 220 g/mol. The second kappa shape index (κ2) is 5.03. The van der Waals surface area contributed by atoms with Gasteiger partial charge in [0.15, 0.2) is 0 Å². The minimum absolute atomic E-state index is 0.751. The SMILES string of the molecule is COc1ccc(C2=CC=C(C=O)CS2)cc1. The van der Waals surface area contributed by atoms with E-state index in [2.05, 4.69) is 0 Å². The Morgan fingerprint density at radius 1 is 1.25 bits per heavy atom. The van der Waals surface area contributed by atoms with Crippen LogP contribution in [0.15, 0.2) is 42.0 Å². The monoisotopic (exact) mass is 232 g/mol. The Morgan fingerprint density at radius 3 is 2.50 bits per heavy atom. The first-order chi connectivity index (χ1) is 7.83. The van der Waals surface area contributed by atoms with E-state index in [9.17, 15) is 4.79 Å². The van der Waals surface area contributed by atoms with Crippen LogP contribution in [-0.4, -0.2) is 19.1 Å². The predicted octanol–water partition coefficient (Wildman–Crippen LogP) is 2.91. The third-order valence-electron chi connectivity index (χ3n) is 2.37. The highest BCUT2D eigenvalue weighted by atomic mass is 32.2. The van der Waals surface area contributed by atoms with Crippen LogP contribution in [0.3, 0.4) is 0 Å². The number of rotatable bonds is 3. The van der Waals surface area contributed by atoms with E-state index in [-0.39, 0.29) is 0 Å². The van der Waals surface area contributed by atoms with E-state index in [4.69, 9.17) is 4.74 Å². The molecule has 0 amide bonds. The zero-order valence-corrected chi connectivity index (χ0v) is 9.79. The summed E-state index contributed by atoms with van der Waals surface area (Å²) in [5.41, 5.74) is 1.99. The maximum atomic E-state index is 10.6. The number of carbonyl (C=O) groups is 1. The van der Waals surface area contributed by atoms with Crippen LogP contribution < -0.4 is 4.74 Å². The molecule has 82 valence electrons. The molecule has 0 fully saturated rings. The molecule has 0 aliphatic carbocycles. The molecule has 0 saturated heterocycles. The molecule has 2 rings (SSSR count). The lowest BCUT2D eigenvalue weighted by molar-refractivity contribution is -0.104. The van der Waals surface area contributed by atoms with Gasteiger partial charge in [-0.3, -0.25) is 4.79 Å². The van der Waals surface area contributed by atoms with Crippen LogP contribution in [0.2, 0.25) is 0 Å². The first-order valence-corrected chi connectivity index (χ1v) is 5.95. The zero-order valence-electron chi connectivity index (χ0n) is 8.97. The fraction of sp³-hybridized carbons (Fsp3) is 0.154. The molecule has 1 aliphatic rings. The van der Waals surface area contributed by atoms with Crippen molar-refractivity contribution in [1.82, 2.24) is 0 Å². The van der Waals surface area contributed by atoms with Crippen LogP contribution in [0.1, 0.15) is 5.56 Å². The number of thioether (sulfide) groups is 1. The molecule has 0 unspecified atom stereocenters. The molecule has 16 heavy (non-hydrogen) atoms. The molecule has 0 bridgehead atoms. The number of hydrogen-bond acceptors (Lipinski definition) is 3. The number of aldehydes is 1. The number of allylic oxidation sites excluding steroid dienone is 2. The summed E-state index contributed by atoms with van der Waals surface area (Å²) >= 11 is 1.68. The van der Waals surface area contributed by atoms with Gasteiger partial charge in [0.1, 0.15) is 12.0 Å². The number of benzene rings is 1. The Hall–Kier alpha value is -1.48. The third-order valence-corrected chi connectivity index (χ3v) is 3.53. The summed E-state index contributed by atoms with van der Waals surface area (Å²) in [6.07, 6.45) is 4.77. The molecule has 3 heteroatoms. The molecule has 0 radical (unpaired) electrons. The Kier molecular flexibility index (Phi) is 3.47. The summed E-state index contributed by atoms with van der Waals surface area (Å²) in [4.78, 5) is 11.7. The zero-order chi connectivity index (χ0) is 11.4. The highest BCUT2D eigenvalue weighted by Gasteiger charge is 2.08. The second-order valence-corrected chi connectivity index (χ2v) is 4.42. The van der Waals surface area contributed by atoms with Gasteiger partial charge in [0.2, 0.25) is 0 Å². The maximum Gasteiger partial charge on any atom is 0.146 e. The van der Waals surface area contributed by atoms with Crippen molar-refractivity contribution < 1.29 is 9.53 Å². The Bertz CT molecular complexity index is 444. The van der Waals surface area contributed by atoms with Crippen molar-refractivity contribution >= 4 is 23.0 Å². The van der Waals surface area contributed by atoms with Gasteiger partial charge < -0.3 is 4.74 Å². The Balaban J connectivity index is 2.22. The van der Waals surface area contributed by atoms with Crippen molar-refractivity contribution in [3.8, 4) is 5.75 Å². The summed E-state index contributed by atoms with van der Waals surface area (Å²) in [7, 11) is 1.66. The summed E-state index contributed by atoms with van der Waals surface area (Å²) in [6.45, 7) is 0. The van der Waals surface area contributed by atoms with Crippen LogP contribution in [0.4, 0.5) is 0 Å². The fourth-order valence-corrected chi connectivity index (χ4v) is 2.40. The van der Waals surface area contributed by atoms with E-state index >= 15 is 0 Å². The van der Waals surface area contributed by atoms with Gasteiger partial charge in [0, 0.05) is 16.2 Å². The van der Waals surface area contributed by atoms with Gasteiger partial charge in [-0.1, -0.05) is 18.2 Å². The van der Waals surface area contributed by atoms with Crippen LogP contribution in [-0.2, 0) is 4.79 Å². The number of methoxy groups -OCH3 is 1. The lowest BCUT2D eigenvalue weighted by Crippen LogP contribution is -1.94. The van der Waals surface area contributed by atoms with E-state index < -0.39 is 0 Å². The summed E-state index contributed by atoms with van der Waals surface area (Å²) in [6, 6.07) is 7.93. The van der Waals surface area contributed by atoms with Crippen LogP contribution in [0, 0.1) is 0 Å². The minimum atomic E-state index is 0.751. The minimum Gasteiger partial charge on any atom is -0.497 e. The van der Waals surface area contributed by atoms with Gasteiger partial charge in [-0.25, -0.2) is 0 Å². The summed E-state index contributed by atoms with van der Waals surface area (Å²) in [5.74, 6) is 1.61. The molecule has 0 spiro atoms. The van der Waals surface area contributed by atoms with Gasteiger partial charge in [0.05, 0.1) is 7.11 Å². The second-order valence-electron chi connectivity index (χ2n) is 3.41. The van der Waals surface area contributed by atoms with Gasteiger partial charge in [-0.15, -0.1) is 11.8 Å². The van der Waals surface area contributed by atoms with Gasteiger partial charge >= 0.3 is 0 Å². The van der Waals surface area contributed by atoms with Crippen molar-refractivity contribution in [2.24, 2.45) is 0 Å². The molecule has 2 nitrogen and oxygen atoms in total. The summed E-state index contributed by atoms with van der Waals surface area (Å²) in [5, 5.41) is 0. The third kappa shape index (κ3) is 2.36. The average Bonchev–Trinajstić information content (AvgIpc) is 2.39. The quantitative estimate of drug-likeness (QED) is 0.749. The number of ether oxygens (including phenoxy) is 1. The van der Waals surface area contributed by atoms with Gasteiger partial charge in [0.25, 0.3) is 0 Å². The van der Waals surface area contributed by atoms with Crippen molar-refractivity contribution in [3.63, 3.8) is 0 Å². The van der Waals surface area contributed by atoms with Crippen LogP contribution in [0.5, 0.6) is 5.75 Å². The Morgan fingerprint density at radius 2 is 2.00 bits per heavy atom. The largest absolute Gasteiger partial charge is 0.497 e. The van der Waals surface area contributed by atoms with E-state index in [1.165, 1.54) is 4.91 Å². The average molecular weight is 232 g/mol.